The molecule has 0 aromatic rings. The largest absolute Gasteiger partial charge is 0.492 e. The number of aliphatic hydroxyl groups excluding tert-OH is 1. The minimum Gasteiger partial charge on any atom is -0.400 e. The summed E-state index contributed by atoms with van der Waals surface area (Å²) in [5.41, 5.74) is -0.158. The van der Waals surface area contributed by atoms with E-state index in [4.69, 9.17) is 9.31 Å². The van der Waals surface area contributed by atoms with Gasteiger partial charge >= 0.3 is 7.12 Å². The zero-order valence-corrected chi connectivity index (χ0v) is 9.63. The molecule has 0 aromatic heterocycles. The van der Waals surface area contributed by atoms with Crippen molar-refractivity contribution in [1.29, 1.82) is 0 Å². The summed E-state index contributed by atoms with van der Waals surface area (Å²) in [5, 5.41) is 9.36. The molecule has 1 aliphatic rings. The first-order valence-electron chi connectivity index (χ1n) is 4.90. The number of hydrogen-bond acceptors (Lipinski definition) is 3. The summed E-state index contributed by atoms with van der Waals surface area (Å²) < 4.78 is 11.4. The summed E-state index contributed by atoms with van der Waals surface area (Å²) in [6.45, 7) is 13.3. The van der Waals surface area contributed by atoms with Crippen LogP contribution in [0.1, 0.15) is 34.6 Å². The van der Waals surface area contributed by atoms with Crippen LogP contribution in [0.15, 0.2) is 12.1 Å². The Hall–Kier alpha value is -0.315. The molecule has 1 fully saturated rings. The normalized spacial score (nSPS) is 26.3. The molecule has 1 atom stereocenters. The van der Waals surface area contributed by atoms with E-state index in [0.717, 1.165) is 0 Å². The molecule has 14 heavy (non-hydrogen) atoms. The minimum absolute atomic E-state index is 0.366. The van der Waals surface area contributed by atoms with E-state index in [1.807, 2.05) is 27.7 Å². The summed E-state index contributed by atoms with van der Waals surface area (Å²) in [7, 11) is -0.500. The third-order valence-corrected chi connectivity index (χ3v) is 3.09. The zero-order valence-electron chi connectivity index (χ0n) is 9.63. The topological polar surface area (TPSA) is 38.7 Å². The Labute approximate surface area is 86.2 Å². The van der Waals surface area contributed by atoms with Crippen LogP contribution in [0.5, 0.6) is 0 Å². The van der Waals surface area contributed by atoms with Crippen molar-refractivity contribution in [3.63, 3.8) is 0 Å². The molecule has 1 aliphatic heterocycles. The van der Waals surface area contributed by atoms with Crippen molar-refractivity contribution in [2.75, 3.05) is 0 Å². The second-order valence-corrected chi connectivity index (χ2v) is 4.84. The van der Waals surface area contributed by atoms with Crippen LogP contribution in [-0.2, 0) is 9.31 Å². The Morgan fingerprint density at radius 2 is 1.57 bits per heavy atom. The van der Waals surface area contributed by atoms with E-state index >= 15 is 0 Å². The van der Waals surface area contributed by atoms with Crippen LogP contribution in [-0.4, -0.2) is 29.5 Å². The molecular weight excluding hydrogens is 179 g/mol. The summed E-state index contributed by atoms with van der Waals surface area (Å²) in [6, 6.07) is 0. The van der Waals surface area contributed by atoms with Crippen LogP contribution < -0.4 is 0 Å². The first-order valence-corrected chi connectivity index (χ1v) is 4.90. The molecule has 0 spiro atoms. The first-order chi connectivity index (χ1) is 6.17. The molecule has 1 N–H and O–H groups in total. The van der Waals surface area contributed by atoms with Crippen LogP contribution in [0, 0.1) is 0 Å². The van der Waals surface area contributed by atoms with E-state index in [1.54, 1.807) is 6.92 Å². The maximum absolute atomic E-state index is 9.36. The lowest BCUT2D eigenvalue weighted by molar-refractivity contribution is 0.00578. The fourth-order valence-electron chi connectivity index (χ4n) is 1.19. The maximum atomic E-state index is 9.36. The summed E-state index contributed by atoms with van der Waals surface area (Å²) >= 11 is 0. The lowest BCUT2D eigenvalue weighted by Gasteiger charge is -2.32. The Morgan fingerprint density at radius 3 is 1.86 bits per heavy atom. The van der Waals surface area contributed by atoms with Gasteiger partial charge < -0.3 is 14.4 Å². The van der Waals surface area contributed by atoms with Gasteiger partial charge in [0.05, 0.1) is 17.3 Å². The van der Waals surface area contributed by atoms with Crippen molar-refractivity contribution < 1.29 is 14.4 Å². The van der Waals surface area contributed by atoms with Gasteiger partial charge in [0.25, 0.3) is 0 Å². The molecule has 0 amide bonds. The lowest BCUT2D eigenvalue weighted by atomic mass is 9.76. The van der Waals surface area contributed by atoms with Crippen molar-refractivity contribution in [3.05, 3.63) is 12.1 Å². The molecular formula is C10H19BO3. The van der Waals surface area contributed by atoms with Gasteiger partial charge in [-0.25, -0.2) is 0 Å². The fraction of sp³-hybridized carbons (Fsp3) is 0.800. The van der Waals surface area contributed by atoms with Crippen LogP contribution in [0.25, 0.3) is 0 Å². The van der Waals surface area contributed by atoms with Gasteiger partial charge in [-0.15, -0.1) is 6.58 Å². The van der Waals surface area contributed by atoms with Crippen LogP contribution in [0.2, 0.25) is 0 Å². The molecule has 0 unspecified atom stereocenters. The second-order valence-electron chi connectivity index (χ2n) is 4.84. The van der Waals surface area contributed by atoms with Crippen molar-refractivity contribution in [1.82, 2.24) is 0 Å². The summed E-state index contributed by atoms with van der Waals surface area (Å²) in [5.74, 6) is 0. The number of hydrogen-bond donors (Lipinski definition) is 1. The quantitative estimate of drug-likeness (QED) is 0.684. The van der Waals surface area contributed by atoms with E-state index in [1.165, 1.54) is 0 Å². The molecule has 0 saturated carbocycles. The fourth-order valence-corrected chi connectivity index (χ4v) is 1.19. The maximum Gasteiger partial charge on any atom is 0.492 e. The molecule has 0 bridgehead atoms. The van der Waals surface area contributed by atoms with Gasteiger partial charge in [-0.3, -0.25) is 0 Å². The molecule has 1 saturated heterocycles. The highest BCUT2D eigenvalue weighted by Crippen LogP contribution is 2.38. The van der Waals surface area contributed by atoms with E-state index in [2.05, 4.69) is 6.58 Å². The van der Waals surface area contributed by atoms with Crippen molar-refractivity contribution in [2.24, 2.45) is 0 Å². The Balaban J connectivity index is 2.78. The molecule has 1 heterocycles. The third-order valence-electron chi connectivity index (χ3n) is 3.09. The molecule has 1 rings (SSSR count). The highest BCUT2D eigenvalue weighted by molar-refractivity contribution is 6.54. The predicted molar refractivity (Wildman–Crippen MR) is 56.9 cm³/mol. The average molecular weight is 198 g/mol. The summed E-state index contributed by atoms with van der Waals surface area (Å²) in [4.78, 5) is 0. The average Bonchev–Trinajstić information content (AvgIpc) is 2.20. The van der Waals surface area contributed by atoms with E-state index < -0.39 is 13.2 Å². The van der Waals surface area contributed by atoms with Crippen LogP contribution in [0.4, 0.5) is 0 Å². The molecule has 0 aromatic carbocycles. The Kier molecular flexibility index (Phi) is 2.83. The molecule has 80 valence electrons. The minimum atomic E-state index is -0.607. The smallest absolute Gasteiger partial charge is 0.400 e. The van der Waals surface area contributed by atoms with Gasteiger partial charge in [-0.2, -0.15) is 0 Å². The van der Waals surface area contributed by atoms with Gasteiger partial charge in [-0.05, 0) is 40.1 Å². The highest BCUT2D eigenvalue weighted by Gasteiger charge is 2.52. The van der Waals surface area contributed by atoms with Gasteiger partial charge in [0, 0.05) is 0 Å². The van der Waals surface area contributed by atoms with Crippen LogP contribution >= 0.6 is 0 Å². The van der Waals surface area contributed by atoms with Crippen LogP contribution in [0.3, 0.4) is 0 Å². The van der Waals surface area contributed by atoms with Crippen molar-refractivity contribution in [2.45, 2.75) is 51.9 Å². The Morgan fingerprint density at radius 1 is 1.21 bits per heavy atom. The van der Waals surface area contributed by atoms with E-state index in [0.29, 0.717) is 5.47 Å². The first kappa shape index (κ1) is 11.8. The Bertz CT molecular complexity index is 230. The summed E-state index contributed by atoms with van der Waals surface area (Å²) in [6.07, 6.45) is -0.607. The SMILES string of the molecule is C=C(B1OC(C)(C)C(C)(C)O1)[C@@H](C)O. The van der Waals surface area contributed by atoms with Gasteiger partial charge in [0.2, 0.25) is 0 Å². The molecule has 4 heteroatoms. The van der Waals surface area contributed by atoms with E-state index in [9.17, 15) is 5.11 Å². The van der Waals surface area contributed by atoms with Gasteiger partial charge in [0.15, 0.2) is 0 Å². The zero-order chi connectivity index (χ0) is 11.1. The van der Waals surface area contributed by atoms with Crippen molar-refractivity contribution >= 4 is 7.12 Å². The van der Waals surface area contributed by atoms with Gasteiger partial charge in [-0.1, -0.05) is 0 Å². The molecule has 3 nitrogen and oxygen atoms in total. The number of aliphatic hydroxyl groups is 1. The predicted octanol–water partition coefficient (Wildman–Crippen LogP) is 1.55. The van der Waals surface area contributed by atoms with E-state index in [-0.39, 0.29) is 11.2 Å². The highest BCUT2D eigenvalue weighted by atomic mass is 16.7. The second kappa shape index (κ2) is 3.37. The number of rotatable bonds is 2. The van der Waals surface area contributed by atoms with Gasteiger partial charge in [0.1, 0.15) is 0 Å². The third kappa shape index (κ3) is 1.87. The standard InChI is InChI=1S/C10H19BO3/c1-7(8(2)12)11-13-9(3,4)10(5,6)14-11/h8,12H,1H2,2-6H3/t8-/m1/s1. The van der Waals surface area contributed by atoms with Crippen molar-refractivity contribution in [3.8, 4) is 0 Å². The molecule has 0 aliphatic carbocycles. The monoisotopic (exact) mass is 198 g/mol. The molecule has 0 radical (unpaired) electrons. The lowest BCUT2D eigenvalue weighted by Crippen LogP contribution is -2.41.